The number of hydrogen-bond donors (Lipinski definition) is 0. The van der Waals surface area contributed by atoms with Crippen molar-refractivity contribution >= 4 is 11.6 Å². The summed E-state index contributed by atoms with van der Waals surface area (Å²) in [6.07, 6.45) is 3.86. The summed E-state index contributed by atoms with van der Waals surface area (Å²) in [7, 11) is 0. The summed E-state index contributed by atoms with van der Waals surface area (Å²) in [6, 6.07) is 0. The Morgan fingerprint density at radius 1 is 1.62 bits per heavy atom. The van der Waals surface area contributed by atoms with Crippen LogP contribution in [-0.2, 0) is 14.3 Å². The Labute approximate surface area is 77.8 Å². The van der Waals surface area contributed by atoms with Gasteiger partial charge in [-0.3, -0.25) is 9.59 Å². The van der Waals surface area contributed by atoms with E-state index in [0.29, 0.717) is 12.8 Å². The Bertz CT molecular complexity index is 255. The highest BCUT2D eigenvalue weighted by atomic mass is 16.5. The third-order valence-electron chi connectivity index (χ3n) is 2.41. The highest BCUT2D eigenvalue weighted by molar-refractivity contribution is 5.98. The summed E-state index contributed by atoms with van der Waals surface area (Å²) < 4.78 is 5.29. The number of rotatable bonds is 3. The molecule has 0 aliphatic carbocycles. The van der Waals surface area contributed by atoms with E-state index in [9.17, 15) is 9.59 Å². The highest BCUT2D eigenvalue weighted by Crippen LogP contribution is 2.27. The highest BCUT2D eigenvalue weighted by Gasteiger charge is 2.40. The van der Waals surface area contributed by atoms with Crippen molar-refractivity contribution in [1.82, 2.24) is 0 Å². The monoisotopic (exact) mass is 182 g/mol. The number of allylic oxidation sites excluding steroid dienone is 1. The van der Waals surface area contributed by atoms with Gasteiger partial charge in [0.2, 0.25) is 0 Å². The van der Waals surface area contributed by atoms with E-state index in [1.54, 1.807) is 6.92 Å². The number of ketones is 2. The van der Waals surface area contributed by atoms with E-state index in [1.165, 1.54) is 12.3 Å². The molecule has 13 heavy (non-hydrogen) atoms. The molecule has 0 spiro atoms. The lowest BCUT2D eigenvalue weighted by Crippen LogP contribution is -2.43. The maximum absolute atomic E-state index is 11.6. The van der Waals surface area contributed by atoms with Crippen molar-refractivity contribution in [2.75, 3.05) is 0 Å². The van der Waals surface area contributed by atoms with E-state index < -0.39 is 5.60 Å². The lowest BCUT2D eigenvalue weighted by atomic mass is 9.86. The third-order valence-corrected chi connectivity index (χ3v) is 2.41. The lowest BCUT2D eigenvalue weighted by molar-refractivity contribution is -0.144. The standard InChI is InChI=1S/C10H14O3/c1-3-9(12)10(4-2)7-8(11)5-6-13-10/h5-6H,3-4,7H2,1-2H3/t10-/m0/s1. The van der Waals surface area contributed by atoms with Crippen molar-refractivity contribution in [3.8, 4) is 0 Å². The Hall–Kier alpha value is -1.12. The van der Waals surface area contributed by atoms with Crippen LogP contribution in [0.25, 0.3) is 0 Å². The fraction of sp³-hybridized carbons (Fsp3) is 0.600. The number of carbonyl (C=O) groups excluding carboxylic acids is 2. The molecule has 3 nitrogen and oxygen atoms in total. The minimum Gasteiger partial charge on any atom is -0.487 e. The molecule has 0 N–H and O–H groups in total. The van der Waals surface area contributed by atoms with E-state index >= 15 is 0 Å². The maximum Gasteiger partial charge on any atom is 0.176 e. The molecule has 1 aliphatic heterocycles. The summed E-state index contributed by atoms with van der Waals surface area (Å²) in [5.74, 6) is -0.0254. The van der Waals surface area contributed by atoms with Gasteiger partial charge in [-0.05, 0) is 6.42 Å². The first-order valence-corrected chi connectivity index (χ1v) is 4.55. The van der Waals surface area contributed by atoms with Crippen molar-refractivity contribution in [1.29, 1.82) is 0 Å². The predicted molar refractivity (Wildman–Crippen MR) is 48.2 cm³/mol. The minimum absolute atomic E-state index is 0.00713. The molecule has 0 bridgehead atoms. The zero-order valence-electron chi connectivity index (χ0n) is 8.00. The zero-order valence-corrected chi connectivity index (χ0v) is 8.00. The van der Waals surface area contributed by atoms with Crippen LogP contribution in [0.1, 0.15) is 33.1 Å². The van der Waals surface area contributed by atoms with Crippen molar-refractivity contribution in [3.05, 3.63) is 12.3 Å². The molecular weight excluding hydrogens is 168 g/mol. The fourth-order valence-corrected chi connectivity index (χ4v) is 1.51. The van der Waals surface area contributed by atoms with Gasteiger partial charge < -0.3 is 4.74 Å². The smallest absolute Gasteiger partial charge is 0.176 e. The van der Waals surface area contributed by atoms with Crippen LogP contribution in [0.4, 0.5) is 0 Å². The first kappa shape index (κ1) is 9.96. The SMILES string of the molecule is CCC(=O)[C@]1(CC)CC(=O)C=CO1. The topological polar surface area (TPSA) is 43.4 Å². The van der Waals surface area contributed by atoms with Crippen LogP contribution in [-0.4, -0.2) is 17.2 Å². The van der Waals surface area contributed by atoms with E-state index in [2.05, 4.69) is 0 Å². The Kier molecular flexibility index (Phi) is 2.86. The fourth-order valence-electron chi connectivity index (χ4n) is 1.51. The average Bonchev–Trinajstić information content (AvgIpc) is 2.16. The summed E-state index contributed by atoms with van der Waals surface area (Å²) in [5, 5.41) is 0. The number of ether oxygens (including phenoxy) is 1. The molecule has 0 aromatic carbocycles. The molecule has 0 amide bonds. The first-order chi connectivity index (χ1) is 6.14. The van der Waals surface area contributed by atoms with Crippen molar-refractivity contribution < 1.29 is 14.3 Å². The van der Waals surface area contributed by atoms with Crippen LogP contribution in [0, 0.1) is 0 Å². The molecule has 3 heteroatoms. The van der Waals surface area contributed by atoms with E-state index in [4.69, 9.17) is 4.74 Å². The Balaban J connectivity index is 2.88. The molecule has 1 aliphatic rings. The van der Waals surface area contributed by atoms with Gasteiger partial charge in [0.1, 0.15) is 0 Å². The Morgan fingerprint density at radius 2 is 2.31 bits per heavy atom. The summed E-state index contributed by atoms with van der Waals surface area (Å²) >= 11 is 0. The van der Waals surface area contributed by atoms with Gasteiger partial charge in [-0.2, -0.15) is 0 Å². The molecule has 0 saturated carbocycles. The molecule has 1 atom stereocenters. The second-order valence-electron chi connectivity index (χ2n) is 3.19. The maximum atomic E-state index is 11.6. The third kappa shape index (κ3) is 1.79. The molecule has 0 aromatic heterocycles. The number of Topliss-reactive ketones (excluding diaryl/α,β-unsaturated/α-hetero) is 1. The predicted octanol–water partition coefficient (Wildman–Crippen LogP) is 1.62. The summed E-state index contributed by atoms with van der Waals surface area (Å²) in [5.41, 5.74) is -0.874. The molecule has 0 radical (unpaired) electrons. The molecule has 0 aromatic rings. The van der Waals surface area contributed by atoms with Gasteiger partial charge in [-0.25, -0.2) is 0 Å². The van der Waals surface area contributed by atoms with Gasteiger partial charge in [0.05, 0.1) is 12.7 Å². The average molecular weight is 182 g/mol. The minimum atomic E-state index is -0.874. The van der Waals surface area contributed by atoms with Crippen molar-refractivity contribution in [2.45, 2.75) is 38.7 Å². The van der Waals surface area contributed by atoms with E-state index in [0.717, 1.165) is 0 Å². The van der Waals surface area contributed by atoms with Gasteiger partial charge in [-0.1, -0.05) is 13.8 Å². The summed E-state index contributed by atoms with van der Waals surface area (Å²) in [4.78, 5) is 22.7. The molecule has 1 heterocycles. The van der Waals surface area contributed by atoms with Crippen LogP contribution in [0.3, 0.4) is 0 Å². The van der Waals surface area contributed by atoms with Gasteiger partial charge in [0, 0.05) is 12.5 Å². The first-order valence-electron chi connectivity index (χ1n) is 4.55. The van der Waals surface area contributed by atoms with Crippen molar-refractivity contribution in [2.24, 2.45) is 0 Å². The van der Waals surface area contributed by atoms with E-state index in [-0.39, 0.29) is 18.0 Å². The van der Waals surface area contributed by atoms with Gasteiger partial charge in [0.25, 0.3) is 0 Å². The second kappa shape index (κ2) is 3.73. The van der Waals surface area contributed by atoms with Crippen LogP contribution >= 0.6 is 0 Å². The number of hydrogen-bond acceptors (Lipinski definition) is 3. The molecule has 0 saturated heterocycles. The van der Waals surface area contributed by atoms with Crippen molar-refractivity contribution in [3.63, 3.8) is 0 Å². The largest absolute Gasteiger partial charge is 0.487 e. The van der Waals surface area contributed by atoms with Crippen LogP contribution in [0.2, 0.25) is 0 Å². The number of carbonyl (C=O) groups is 2. The van der Waals surface area contributed by atoms with Gasteiger partial charge in [-0.15, -0.1) is 0 Å². The van der Waals surface area contributed by atoms with Gasteiger partial charge >= 0.3 is 0 Å². The van der Waals surface area contributed by atoms with Crippen LogP contribution in [0.5, 0.6) is 0 Å². The van der Waals surface area contributed by atoms with E-state index in [1.807, 2.05) is 6.92 Å². The normalized spacial score (nSPS) is 27.1. The lowest BCUT2D eigenvalue weighted by Gasteiger charge is -2.31. The zero-order chi connectivity index (χ0) is 9.90. The van der Waals surface area contributed by atoms with Gasteiger partial charge in [0.15, 0.2) is 17.2 Å². The molecule has 0 unspecified atom stereocenters. The quantitative estimate of drug-likeness (QED) is 0.666. The van der Waals surface area contributed by atoms with Crippen LogP contribution in [0.15, 0.2) is 12.3 Å². The molecule has 72 valence electrons. The van der Waals surface area contributed by atoms with Crippen LogP contribution < -0.4 is 0 Å². The second-order valence-corrected chi connectivity index (χ2v) is 3.19. The molecular formula is C10H14O3. The summed E-state index contributed by atoms with van der Waals surface area (Å²) in [6.45, 7) is 3.64. The molecule has 0 fully saturated rings. The Morgan fingerprint density at radius 3 is 2.77 bits per heavy atom. The molecule has 1 rings (SSSR count).